The van der Waals surface area contributed by atoms with Crippen LogP contribution in [0.15, 0.2) is 24.3 Å². The Morgan fingerprint density at radius 1 is 1.31 bits per heavy atom. The molecule has 0 saturated carbocycles. The predicted molar refractivity (Wildman–Crippen MR) is 63.8 cm³/mol. The SMILES string of the molecule is CCCC(O)Cc1ccc(I)cc1. The van der Waals surface area contributed by atoms with Crippen molar-refractivity contribution in [2.24, 2.45) is 0 Å². The fraction of sp³-hybridized carbons (Fsp3) is 0.455. The first-order chi connectivity index (χ1) is 6.22. The average Bonchev–Trinajstić information content (AvgIpc) is 2.09. The zero-order valence-electron chi connectivity index (χ0n) is 7.83. The van der Waals surface area contributed by atoms with Crippen LogP contribution in [0.3, 0.4) is 0 Å². The molecular weight excluding hydrogens is 275 g/mol. The van der Waals surface area contributed by atoms with Crippen LogP contribution in [0.1, 0.15) is 25.3 Å². The van der Waals surface area contributed by atoms with Crippen molar-refractivity contribution in [3.05, 3.63) is 33.4 Å². The zero-order valence-corrected chi connectivity index (χ0v) is 9.99. The molecule has 1 atom stereocenters. The second-order valence-corrected chi connectivity index (χ2v) is 4.52. The molecule has 72 valence electrons. The molecule has 0 saturated heterocycles. The van der Waals surface area contributed by atoms with Gasteiger partial charge in [0.25, 0.3) is 0 Å². The summed E-state index contributed by atoms with van der Waals surface area (Å²) in [6.45, 7) is 2.09. The molecule has 2 heteroatoms. The van der Waals surface area contributed by atoms with Gasteiger partial charge in [-0.2, -0.15) is 0 Å². The molecule has 0 aliphatic rings. The monoisotopic (exact) mass is 290 g/mol. The van der Waals surface area contributed by atoms with Gasteiger partial charge in [-0.3, -0.25) is 0 Å². The fourth-order valence-electron chi connectivity index (χ4n) is 1.33. The van der Waals surface area contributed by atoms with Gasteiger partial charge in [-0.05, 0) is 53.1 Å². The average molecular weight is 290 g/mol. The van der Waals surface area contributed by atoms with Crippen LogP contribution in [-0.2, 0) is 6.42 Å². The van der Waals surface area contributed by atoms with E-state index in [1.54, 1.807) is 0 Å². The van der Waals surface area contributed by atoms with Crippen molar-refractivity contribution in [1.82, 2.24) is 0 Å². The van der Waals surface area contributed by atoms with E-state index in [0.29, 0.717) is 0 Å². The third kappa shape index (κ3) is 4.09. The highest BCUT2D eigenvalue weighted by Crippen LogP contribution is 2.10. The van der Waals surface area contributed by atoms with Gasteiger partial charge in [-0.25, -0.2) is 0 Å². The van der Waals surface area contributed by atoms with Crippen LogP contribution in [0.2, 0.25) is 0 Å². The minimum atomic E-state index is -0.176. The van der Waals surface area contributed by atoms with Crippen molar-refractivity contribution >= 4 is 22.6 Å². The molecule has 0 radical (unpaired) electrons. The minimum Gasteiger partial charge on any atom is -0.393 e. The van der Waals surface area contributed by atoms with Gasteiger partial charge in [-0.15, -0.1) is 0 Å². The van der Waals surface area contributed by atoms with E-state index in [1.165, 1.54) is 9.13 Å². The van der Waals surface area contributed by atoms with Gasteiger partial charge in [-0.1, -0.05) is 25.5 Å². The first kappa shape index (κ1) is 11.0. The summed E-state index contributed by atoms with van der Waals surface area (Å²) < 4.78 is 1.24. The van der Waals surface area contributed by atoms with Gasteiger partial charge < -0.3 is 5.11 Å². The van der Waals surface area contributed by atoms with E-state index < -0.39 is 0 Å². The summed E-state index contributed by atoms with van der Waals surface area (Å²) in [5.41, 5.74) is 1.22. The number of benzene rings is 1. The molecule has 0 fully saturated rings. The third-order valence-electron chi connectivity index (χ3n) is 2.01. The van der Waals surface area contributed by atoms with Crippen LogP contribution in [-0.4, -0.2) is 11.2 Å². The van der Waals surface area contributed by atoms with E-state index in [-0.39, 0.29) is 6.10 Å². The van der Waals surface area contributed by atoms with E-state index in [9.17, 15) is 5.11 Å². The van der Waals surface area contributed by atoms with Crippen LogP contribution in [0.25, 0.3) is 0 Å². The number of hydrogen-bond donors (Lipinski definition) is 1. The minimum absolute atomic E-state index is 0.176. The van der Waals surface area contributed by atoms with Gasteiger partial charge >= 0.3 is 0 Å². The Morgan fingerprint density at radius 3 is 2.46 bits per heavy atom. The summed E-state index contributed by atoms with van der Waals surface area (Å²) in [6, 6.07) is 8.32. The number of halogens is 1. The van der Waals surface area contributed by atoms with Crippen LogP contribution in [0.4, 0.5) is 0 Å². The normalized spacial score (nSPS) is 12.8. The standard InChI is InChI=1S/C11H15IO/c1-2-3-11(13)8-9-4-6-10(12)7-5-9/h4-7,11,13H,2-3,8H2,1H3. The molecule has 0 heterocycles. The molecule has 0 spiro atoms. The van der Waals surface area contributed by atoms with E-state index in [0.717, 1.165) is 19.3 Å². The summed E-state index contributed by atoms with van der Waals surface area (Å²) >= 11 is 2.28. The van der Waals surface area contributed by atoms with Gasteiger partial charge in [0, 0.05) is 3.57 Å². The molecule has 1 N–H and O–H groups in total. The Hall–Kier alpha value is -0.0900. The van der Waals surface area contributed by atoms with E-state index >= 15 is 0 Å². The summed E-state index contributed by atoms with van der Waals surface area (Å²) in [5, 5.41) is 9.57. The highest BCUT2D eigenvalue weighted by atomic mass is 127. The number of rotatable bonds is 4. The summed E-state index contributed by atoms with van der Waals surface area (Å²) in [7, 11) is 0. The Morgan fingerprint density at radius 2 is 1.92 bits per heavy atom. The van der Waals surface area contributed by atoms with E-state index in [1.807, 2.05) is 0 Å². The largest absolute Gasteiger partial charge is 0.393 e. The van der Waals surface area contributed by atoms with Crippen molar-refractivity contribution in [2.75, 3.05) is 0 Å². The molecule has 1 rings (SSSR count). The van der Waals surface area contributed by atoms with Gasteiger partial charge in [0.05, 0.1) is 6.10 Å². The maximum atomic E-state index is 9.57. The highest BCUT2D eigenvalue weighted by molar-refractivity contribution is 14.1. The quantitative estimate of drug-likeness (QED) is 0.845. The number of aliphatic hydroxyl groups is 1. The van der Waals surface area contributed by atoms with Crippen molar-refractivity contribution in [1.29, 1.82) is 0 Å². The summed E-state index contributed by atoms with van der Waals surface area (Å²) in [4.78, 5) is 0. The van der Waals surface area contributed by atoms with Crippen LogP contribution in [0, 0.1) is 3.57 Å². The lowest BCUT2D eigenvalue weighted by molar-refractivity contribution is 0.164. The second kappa shape index (κ2) is 5.60. The molecule has 0 amide bonds. The van der Waals surface area contributed by atoms with Gasteiger partial charge in [0.1, 0.15) is 0 Å². The Kier molecular flexibility index (Phi) is 4.73. The Balaban J connectivity index is 2.49. The lowest BCUT2D eigenvalue weighted by Gasteiger charge is -2.08. The molecule has 1 aromatic rings. The maximum absolute atomic E-state index is 9.57. The number of hydrogen-bond acceptors (Lipinski definition) is 1. The molecule has 1 nitrogen and oxygen atoms in total. The summed E-state index contributed by atoms with van der Waals surface area (Å²) in [5.74, 6) is 0. The smallest absolute Gasteiger partial charge is 0.0580 e. The molecule has 1 aromatic carbocycles. The van der Waals surface area contributed by atoms with Crippen LogP contribution < -0.4 is 0 Å². The van der Waals surface area contributed by atoms with Crippen molar-refractivity contribution in [2.45, 2.75) is 32.3 Å². The summed E-state index contributed by atoms with van der Waals surface area (Å²) in [6.07, 6.45) is 2.55. The van der Waals surface area contributed by atoms with Crippen molar-refractivity contribution in [3.8, 4) is 0 Å². The van der Waals surface area contributed by atoms with Crippen LogP contribution >= 0.6 is 22.6 Å². The van der Waals surface area contributed by atoms with Gasteiger partial charge in [0.15, 0.2) is 0 Å². The molecular formula is C11H15IO. The lowest BCUT2D eigenvalue weighted by atomic mass is 10.1. The van der Waals surface area contributed by atoms with Crippen LogP contribution in [0.5, 0.6) is 0 Å². The second-order valence-electron chi connectivity index (χ2n) is 3.27. The van der Waals surface area contributed by atoms with Crippen molar-refractivity contribution in [3.63, 3.8) is 0 Å². The first-order valence-electron chi connectivity index (χ1n) is 4.65. The Bertz CT molecular complexity index is 243. The predicted octanol–water partition coefficient (Wildman–Crippen LogP) is 2.99. The Labute approximate surface area is 93.3 Å². The molecule has 0 aliphatic carbocycles. The number of aliphatic hydroxyl groups excluding tert-OH is 1. The highest BCUT2D eigenvalue weighted by Gasteiger charge is 2.03. The molecule has 1 unspecified atom stereocenters. The third-order valence-corrected chi connectivity index (χ3v) is 2.73. The van der Waals surface area contributed by atoms with Crippen molar-refractivity contribution < 1.29 is 5.11 Å². The van der Waals surface area contributed by atoms with E-state index in [2.05, 4.69) is 53.8 Å². The zero-order chi connectivity index (χ0) is 9.68. The van der Waals surface area contributed by atoms with E-state index in [4.69, 9.17) is 0 Å². The maximum Gasteiger partial charge on any atom is 0.0580 e. The molecule has 0 aliphatic heterocycles. The molecule has 0 aromatic heterocycles. The molecule has 13 heavy (non-hydrogen) atoms. The topological polar surface area (TPSA) is 20.2 Å². The lowest BCUT2D eigenvalue weighted by Crippen LogP contribution is -2.09. The fourth-order valence-corrected chi connectivity index (χ4v) is 1.69. The first-order valence-corrected chi connectivity index (χ1v) is 5.72. The molecule has 0 bridgehead atoms. The van der Waals surface area contributed by atoms with Gasteiger partial charge in [0.2, 0.25) is 0 Å².